The number of nitrogens with zero attached hydrogens (tertiary/aromatic N) is 2. The quantitative estimate of drug-likeness (QED) is 0.827. The molecule has 1 aliphatic heterocycles. The van der Waals surface area contributed by atoms with Crippen LogP contribution < -0.4 is 5.32 Å². The fourth-order valence-corrected chi connectivity index (χ4v) is 4.11. The molecule has 1 saturated carbocycles. The Kier molecular flexibility index (Phi) is 5.54. The molecule has 0 bridgehead atoms. The van der Waals surface area contributed by atoms with E-state index in [1.807, 2.05) is 0 Å². The van der Waals surface area contributed by atoms with Crippen molar-refractivity contribution in [1.82, 2.24) is 9.80 Å². The Morgan fingerprint density at radius 3 is 2.43 bits per heavy atom. The molecule has 0 amide bonds. The molecule has 1 saturated heterocycles. The van der Waals surface area contributed by atoms with E-state index in [-0.39, 0.29) is 0 Å². The number of piperazine rings is 1. The summed E-state index contributed by atoms with van der Waals surface area (Å²) in [5, 5.41) is 4.33. The average molecular weight is 332 g/mol. The van der Waals surface area contributed by atoms with Crippen LogP contribution in [0.15, 0.2) is 18.2 Å². The number of anilines is 1. The SMILES string of the molecule is Cc1cccc(NC(=S)N2CCN(C3CCCCC3)CC2)c1C. The standard InChI is InChI=1S/C19H29N3S/c1-15-7-6-10-18(16(15)2)20-19(23)22-13-11-21(12-14-22)17-8-4-3-5-9-17/h6-7,10,17H,3-5,8-9,11-14H2,1-2H3,(H,20,23). The van der Waals surface area contributed by atoms with E-state index in [1.54, 1.807) is 0 Å². The summed E-state index contributed by atoms with van der Waals surface area (Å²) in [6, 6.07) is 7.18. The summed E-state index contributed by atoms with van der Waals surface area (Å²) in [5.74, 6) is 0. The molecule has 126 valence electrons. The molecule has 0 radical (unpaired) electrons. The lowest BCUT2D eigenvalue weighted by atomic mass is 9.94. The van der Waals surface area contributed by atoms with Gasteiger partial charge >= 0.3 is 0 Å². The summed E-state index contributed by atoms with van der Waals surface area (Å²) in [6.07, 6.45) is 7.05. The zero-order chi connectivity index (χ0) is 16.2. The van der Waals surface area contributed by atoms with E-state index in [1.165, 1.54) is 43.2 Å². The van der Waals surface area contributed by atoms with Gasteiger partial charge in [0, 0.05) is 37.9 Å². The number of aryl methyl sites for hydroxylation is 1. The summed E-state index contributed by atoms with van der Waals surface area (Å²) in [6.45, 7) is 8.70. The summed E-state index contributed by atoms with van der Waals surface area (Å²) in [5.41, 5.74) is 3.74. The minimum atomic E-state index is 0.825. The monoisotopic (exact) mass is 331 g/mol. The van der Waals surface area contributed by atoms with Crippen LogP contribution in [0.4, 0.5) is 5.69 Å². The molecule has 1 aromatic rings. The Morgan fingerprint density at radius 2 is 1.74 bits per heavy atom. The fraction of sp³-hybridized carbons (Fsp3) is 0.632. The maximum Gasteiger partial charge on any atom is 0.173 e. The maximum atomic E-state index is 5.65. The molecule has 0 unspecified atom stereocenters. The number of hydrogen-bond acceptors (Lipinski definition) is 2. The molecule has 3 rings (SSSR count). The van der Waals surface area contributed by atoms with Gasteiger partial charge in [-0.1, -0.05) is 31.4 Å². The first-order valence-electron chi connectivity index (χ1n) is 9.01. The summed E-state index contributed by atoms with van der Waals surface area (Å²) < 4.78 is 0. The lowest BCUT2D eigenvalue weighted by molar-refractivity contribution is 0.108. The van der Waals surface area contributed by atoms with Crippen molar-refractivity contribution in [2.75, 3.05) is 31.5 Å². The van der Waals surface area contributed by atoms with E-state index in [9.17, 15) is 0 Å². The molecule has 3 nitrogen and oxygen atoms in total. The van der Waals surface area contributed by atoms with Crippen LogP contribution in [0.1, 0.15) is 43.2 Å². The first-order chi connectivity index (χ1) is 11.1. The van der Waals surface area contributed by atoms with Crippen LogP contribution in [0.2, 0.25) is 0 Å². The number of benzene rings is 1. The molecule has 23 heavy (non-hydrogen) atoms. The lowest BCUT2D eigenvalue weighted by Gasteiger charge is -2.41. The normalized spacial score (nSPS) is 20.5. The molecule has 1 aliphatic carbocycles. The number of hydrogen-bond donors (Lipinski definition) is 1. The number of rotatable bonds is 2. The molecule has 0 atom stereocenters. The van der Waals surface area contributed by atoms with Gasteiger partial charge in [0.05, 0.1) is 0 Å². The summed E-state index contributed by atoms with van der Waals surface area (Å²) >= 11 is 5.65. The third kappa shape index (κ3) is 4.04. The highest BCUT2D eigenvalue weighted by atomic mass is 32.1. The van der Waals surface area contributed by atoms with Gasteiger partial charge in [0.15, 0.2) is 5.11 Å². The minimum absolute atomic E-state index is 0.825. The third-order valence-electron chi connectivity index (χ3n) is 5.54. The maximum absolute atomic E-state index is 5.65. The molecule has 2 aliphatic rings. The van der Waals surface area contributed by atoms with Crippen LogP contribution >= 0.6 is 12.2 Å². The van der Waals surface area contributed by atoms with Gasteiger partial charge in [0.25, 0.3) is 0 Å². The second kappa shape index (κ2) is 7.63. The van der Waals surface area contributed by atoms with Crippen molar-refractivity contribution in [2.24, 2.45) is 0 Å². The Balaban J connectivity index is 1.53. The van der Waals surface area contributed by atoms with Gasteiger partial charge in [-0.3, -0.25) is 4.90 Å². The van der Waals surface area contributed by atoms with E-state index < -0.39 is 0 Å². The highest BCUT2D eigenvalue weighted by Gasteiger charge is 2.26. The molecule has 4 heteroatoms. The van der Waals surface area contributed by atoms with Crippen LogP contribution in [0.3, 0.4) is 0 Å². The van der Waals surface area contributed by atoms with E-state index in [4.69, 9.17) is 12.2 Å². The van der Waals surface area contributed by atoms with Gasteiger partial charge in [-0.25, -0.2) is 0 Å². The van der Waals surface area contributed by atoms with Crippen molar-refractivity contribution in [1.29, 1.82) is 0 Å². The fourth-order valence-electron chi connectivity index (χ4n) is 3.82. The van der Waals surface area contributed by atoms with Crippen molar-refractivity contribution in [3.05, 3.63) is 29.3 Å². The number of thiocarbonyl (C=S) groups is 1. The van der Waals surface area contributed by atoms with Crippen LogP contribution in [-0.4, -0.2) is 47.1 Å². The van der Waals surface area contributed by atoms with Crippen LogP contribution in [0.5, 0.6) is 0 Å². The van der Waals surface area contributed by atoms with E-state index >= 15 is 0 Å². The van der Waals surface area contributed by atoms with Crippen LogP contribution in [-0.2, 0) is 0 Å². The van der Waals surface area contributed by atoms with Crippen molar-refractivity contribution < 1.29 is 0 Å². The molecule has 1 N–H and O–H groups in total. The lowest BCUT2D eigenvalue weighted by Crippen LogP contribution is -2.53. The zero-order valence-corrected chi connectivity index (χ0v) is 15.3. The highest BCUT2D eigenvalue weighted by molar-refractivity contribution is 7.80. The Labute approximate surface area is 146 Å². The molecule has 1 heterocycles. The first kappa shape index (κ1) is 16.7. The largest absolute Gasteiger partial charge is 0.346 e. The minimum Gasteiger partial charge on any atom is -0.346 e. The topological polar surface area (TPSA) is 18.5 Å². The van der Waals surface area contributed by atoms with E-state index in [2.05, 4.69) is 47.2 Å². The van der Waals surface area contributed by atoms with Gasteiger partial charge in [-0.15, -0.1) is 0 Å². The second-order valence-corrected chi connectivity index (χ2v) is 7.38. The van der Waals surface area contributed by atoms with Crippen molar-refractivity contribution in [3.8, 4) is 0 Å². The molecule has 2 fully saturated rings. The van der Waals surface area contributed by atoms with Gasteiger partial charge in [-0.2, -0.15) is 0 Å². The Hall–Kier alpha value is -1.13. The van der Waals surface area contributed by atoms with Crippen LogP contribution in [0.25, 0.3) is 0 Å². The Morgan fingerprint density at radius 1 is 1.04 bits per heavy atom. The van der Waals surface area contributed by atoms with Crippen molar-refractivity contribution in [2.45, 2.75) is 52.0 Å². The third-order valence-corrected chi connectivity index (χ3v) is 5.90. The molecular weight excluding hydrogens is 302 g/mol. The van der Waals surface area contributed by atoms with Crippen LogP contribution in [0, 0.1) is 13.8 Å². The summed E-state index contributed by atoms with van der Waals surface area (Å²) in [4.78, 5) is 5.02. The van der Waals surface area contributed by atoms with Gasteiger partial charge < -0.3 is 10.2 Å². The predicted octanol–water partition coefficient (Wildman–Crippen LogP) is 3.95. The Bertz CT molecular complexity index is 544. The molecule has 1 aromatic carbocycles. The van der Waals surface area contributed by atoms with E-state index in [0.29, 0.717) is 0 Å². The first-order valence-corrected chi connectivity index (χ1v) is 9.42. The van der Waals surface area contributed by atoms with Crippen molar-refractivity contribution >= 4 is 23.0 Å². The smallest absolute Gasteiger partial charge is 0.173 e. The van der Waals surface area contributed by atoms with E-state index in [0.717, 1.165) is 43.0 Å². The number of nitrogens with one attached hydrogen (secondary N) is 1. The highest BCUT2D eigenvalue weighted by Crippen LogP contribution is 2.24. The average Bonchev–Trinajstić information content (AvgIpc) is 2.60. The zero-order valence-electron chi connectivity index (χ0n) is 14.5. The van der Waals surface area contributed by atoms with Gasteiger partial charge in [0.2, 0.25) is 0 Å². The molecular formula is C19H29N3S. The van der Waals surface area contributed by atoms with Gasteiger partial charge in [0.1, 0.15) is 0 Å². The molecule has 0 spiro atoms. The second-order valence-electron chi connectivity index (χ2n) is 6.99. The van der Waals surface area contributed by atoms with Gasteiger partial charge in [-0.05, 0) is 56.1 Å². The van der Waals surface area contributed by atoms with Crippen molar-refractivity contribution in [3.63, 3.8) is 0 Å². The summed E-state index contributed by atoms with van der Waals surface area (Å²) in [7, 11) is 0. The molecule has 0 aromatic heterocycles. The predicted molar refractivity (Wildman–Crippen MR) is 102 cm³/mol.